The average molecular weight is 443 g/mol. The molecule has 2 heterocycles. The lowest BCUT2D eigenvalue weighted by atomic mass is 10.0. The molecule has 0 saturated heterocycles. The second kappa shape index (κ2) is 8.83. The second-order valence-electron chi connectivity index (χ2n) is 7.61. The van der Waals surface area contributed by atoms with Crippen molar-refractivity contribution < 1.29 is 4.74 Å². The summed E-state index contributed by atoms with van der Waals surface area (Å²) in [6, 6.07) is 17.3. The normalized spacial score (nSPS) is 14.3. The second-order valence-corrected chi connectivity index (χ2v) is 8.05. The van der Waals surface area contributed by atoms with Crippen LogP contribution in [0.4, 0.5) is 0 Å². The molecule has 5 radical (unpaired) electrons. The number of fused-ring (bicyclic) bond motifs is 1. The zero-order chi connectivity index (χ0) is 22.1. The standard InChI is InChI=1S/C26H21ClN3O2/c1-32-22-8-4-5-18(15-22)13-14-29-25(20-9-11-21(27)12-10-20)17-30-24(26(29)31)16-23(28-30)19-6-2-3-7-19/h2-12,15-17H,13-14H2,1H3. The Kier molecular flexibility index (Phi) is 5.75. The topological polar surface area (TPSA) is 48.5 Å². The Morgan fingerprint density at radius 3 is 2.56 bits per heavy atom. The molecule has 0 unspecified atom stereocenters. The average Bonchev–Trinajstić information content (AvgIpc) is 3.49. The van der Waals surface area contributed by atoms with Gasteiger partial charge in [-0.1, -0.05) is 35.9 Å². The van der Waals surface area contributed by atoms with Gasteiger partial charge in [0.2, 0.25) is 0 Å². The monoisotopic (exact) mass is 442 g/mol. The van der Waals surface area contributed by atoms with E-state index in [2.05, 4.69) is 5.10 Å². The number of benzene rings is 2. The number of methoxy groups -OCH3 is 1. The molecule has 6 heteroatoms. The van der Waals surface area contributed by atoms with E-state index >= 15 is 0 Å². The van der Waals surface area contributed by atoms with Crippen molar-refractivity contribution in [3.63, 3.8) is 0 Å². The molecular weight excluding hydrogens is 422 g/mol. The molecule has 1 aliphatic rings. The molecule has 0 amide bonds. The molecule has 5 nitrogen and oxygen atoms in total. The van der Waals surface area contributed by atoms with Gasteiger partial charge in [-0.05, 0) is 73.6 Å². The molecular formula is C26H21ClN3O2. The van der Waals surface area contributed by atoms with Crippen LogP contribution in [-0.4, -0.2) is 21.3 Å². The van der Waals surface area contributed by atoms with Gasteiger partial charge >= 0.3 is 0 Å². The maximum atomic E-state index is 13.6. The molecule has 159 valence electrons. The molecule has 0 N–H and O–H groups in total. The van der Waals surface area contributed by atoms with Crippen molar-refractivity contribution in [3.8, 4) is 17.0 Å². The molecule has 0 atom stereocenters. The molecule has 5 rings (SSSR count). The minimum absolute atomic E-state index is 0.0781. The largest absolute Gasteiger partial charge is 0.497 e. The van der Waals surface area contributed by atoms with Crippen LogP contribution >= 0.6 is 11.6 Å². The van der Waals surface area contributed by atoms with Crippen LogP contribution in [0.2, 0.25) is 5.02 Å². The third kappa shape index (κ3) is 4.05. The van der Waals surface area contributed by atoms with Crippen LogP contribution in [0.3, 0.4) is 0 Å². The molecule has 4 aromatic rings. The van der Waals surface area contributed by atoms with Crippen LogP contribution < -0.4 is 10.3 Å². The van der Waals surface area contributed by atoms with Crippen LogP contribution in [0, 0.1) is 31.6 Å². The first-order valence-electron chi connectivity index (χ1n) is 10.4. The summed E-state index contributed by atoms with van der Waals surface area (Å²) in [6.07, 6.45) is 10.5. The quantitative estimate of drug-likeness (QED) is 0.430. The van der Waals surface area contributed by atoms with Gasteiger partial charge in [0.05, 0.1) is 24.7 Å². The SMILES string of the molecule is COc1cccc(CCn2c(-c3ccc(Cl)cc3)cn3nc([C]4[CH][CH][CH][CH]4)cc3c2=O)c1. The van der Waals surface area contributed by atoms with E-state index in [0.717, 1.165) is 34.2 Å². The van der Waals surface area contributed by atoms with E-state index in [9.17, 15) is 4.79 Å². The maximum Gasteiger partial charge on any atom is 0.277 e. The lowest BCUT2D eigenvalue weighted by Gasteiger charge is -2.14. The molecule has 2 aromatic heterocycles. The Hall–Kier alpha value is -3.05. The number of aromatic nitrogens is 3. The summed E-state index contributed by atoms with van der Waals surface area (Å²) in [6.45, 7) is 0.525. The molecule has 0 aliphatic heterocycles. The van der Waals surface area contributed by atoms with E-state index in [0.29, 0.717) is 23.5 Å². The van der Waals surface area contributed by atoms with Crippen LogP contribution in [0.1, 0.15) is 11.3 Å². The van der Waals surface area contributed by atoms with Gasteiger partial charge in [0.15, 0.2) is 0 Å². The van der Waals surface area contributed by atoms with Crippen LogP contribution in [-0.2, 0) is 13.0 Å². The number of nitrogens with zero attached hydrogens (tertiary/aromatic N) is 3. The zero-order valence-electron chi connectivity index (χ0n) is 17.5. The van der Waals surface area contributed by atoms with E-state index < -0.39 is 0 Å². The smallest absolute Gasteiger partial charge is 0.277 e. The van der Waals surface area contributed by atoms with E-state index in [1.807, 2.05) is 91.0 Å². The Balaban J connectivity index is 1.59. The Morgan fingerprint density at radius 2 is 1.81 bits per heavy atom. The Bertz CT molecular complexity index is 1300. The minimum Gasteiger partial charge on any atom is -0.497 e. The van der Waals surface area contributed by atoms with Crippen molar-refractivity contribution >= 4 is 17.1 Å². The first-order valence-corrected chi connectivity index (χ1v) is 10.7. The van der Waals surface area contributed by atoms with Gasteiger partial charge in [0.25, 0.3) is 5.56 Å². The van der Waals surface area contributed by atoms with Crippen molar-refractivity contribution in [1.82, 2.24) is 14.2 Å². The molecule has 1 saturated carbocycles. The third-order valence-corrected chi connectivity index (χ3v) is 5.84. The lowest BCUT2D eigenvalue weighted by molar-refractivity contribution is 0.414. The van der Waals surface area contributed by atoms with Crippen LogP contribution in [0.5, 0.6) is 5.75 Å². The first-order chi connectivity index (χ1) is 15.6. The van der Waals surface area contributed by atoms with Crippen LogP contribution in [0.25, 0.3) is 16.8 Å². The lowest BCUT2D eigenvalue weighted by Crippen LogP contribution is -2.25. The predicted octanol–water partition coefficient (Wildman–Crippen LogP) is 4.82. The molecule has 1 fully saturated rings. The first kappa shape index (κ1) is 20.8. The van der Waals surface area contributed by atoms with Gasteiger partial charge in [-0.3, -0.25) is 4.79 Å². The molecule has 0 spiro atoms. The number of rotatable bonds is 6. The molecule has 2 aromatic carbocycles. The minimum atomic E-state index is -0.0781. The highest BCUT2D eigenvalue weighted by Crippen LogP contribution is 2.30. The molecule has 32 heavy (non-hydrogen) atoms. The number of aryl methyl sites for hydroxylation is 1. The van der Waals surface area contributed by atoms with Crippen molar-refractivity contribution in [2.24, 2.45) is 0 Å². The fourth-order valence-corrected chi connectivity index (χ4v) is 4.04. The van der Waals surface area contributed by atoms with E-state index in [4.69, 9.17) is 16.3 Å². The summed E-state index contributed by atoms with van der Waals surface area (Å²) in [7, 11) is 1.65. The zero-order valence-corrected chi connectivity index (χ0v) is 18.3. The molecule has 1 aliphatic carbocycles. The van der Waals surface area contributed by atoms with Gasteiger partial charge in [-0.15, -0.1) is 0 Å². The van der Waals surface area contributed by atoms with E-state index in [1.165, 1.54) is 0 Å². The van der Waals surface area contributed by atoms with E-state index in [-0.39, 0.29) is 5.56 Å². The fraction of sp³-hybridized carbons (Fsp3) is 0.115. The summed E-state index contributed by atoms with van der Waals surface area (Å²) in [5, 5.41) is 5.31. The highest BCUT2D eigenvalue weighted by Gasteiger charge is 2.23. The third-order valence-electron chi connectivity index (χ3n) is 5.59. The summed E-state index contributed by atoms with van der Waals surface area (Å²) >= 11 is 6.10. The molecule has 0 bridgehead atoms. The summed E-state index contributed by atoms with van der Waals surface area (Å²) in [5.41, 5.74) is 4.04. The predicted molar refractivity (Wildman–Crippen MR) is 126 cm³/mol. The summed E-state index contributed by atoms with van der Waals surface area (Å²) in [4.78, 5) is 13.6. The number of hydrogen-bond acceptors (Lipinski definition) is 3. The fourth-order valence-electron chi connectivity index (χ4n) is 3.91. The van der Waals surface area contributed by atoms with E-state index in [1.54, 1.807) is 11.6 Å². The van der Waals surface area contributed by atoms with Gasteiger partial charge in [-0.2, -0.15) is 5.10 Å². The van der Waals surface area contributed by atoms with Crippen molar-refractivity contribution in [2.75, 3.05) is 7.11 Å². The van der Waals surface area contributed by atoms with Crippen LogP contribution in [0.15, 0.2) is 65.6 Å². The summed E-state index contributed by atoms with van der Waals surface area (Å²) in [5.74, 6) is 1.79. The number of hydrogen-bond donors (Lipinski definition) is 0. The van der Waals surface area contributed by atoms with Gasteiger partial charge in [0.1, 0.15) is 11.3 Å². The van der Waals surface area contributed by atoms with Crippen molar-refractivity contribution in [2.45, 2.75) is 13.0 Å². The van der Waals surface area contributed by atoms with Gasteiger partial charge < -0.3 is 9.30 Å². The highest BCUT2D eigenvalue weighted by molar-refractivity contribution is 6.30. The maximum absolute atomic E-state index is 13.6. The summed E-state index contributed by atoms with van der Waals surface area (Å²) < 4.78 is 8.83. The highest BCUT2D eigenvalue weighted by atomic mass is 35.5. The van der Waals surface area contributed by atoms with Crippen molar-refractivity contribution in [1.29, 1.82) is 0 Å². The number of ether oxygens (including phenoxy) is 1. The number of halogens is 1. The Labute approximate surface area is 192 Å². The Morgan fingerprint density at radius 1 is 1.03 bits per heavy atom. The van der Waals surface area contributed by atoms with Crippen molar-refractivity contribution in [3.05, 3.63) is 119 Å². The van der Waals surface area contributed by atoms with Gasteiger partial charge in [0, 0.05) is 17.5 Å². The van der Waals surface area contributed by atoms with Gasteiger partial charge in [-0.25, -0.2) is 4.52 Å².